The van der Waals surface area contributed by atoms with Crippen LogP contribution in [0, 0.1) is 23.8 Å². The van der Waals surface area contributed by atoms with Gasteiger partial charge in [0.2, 0.25) is 5.52 Å². The Morgan fingerprint density at radius 2 is 1.83 bits per heavy atom. The zero-order valence-electron chi connectivity index (χ0n) is 12.9. The van der Waals surface area contributed by atoms with Gasteiger partial charge in [-0.2, -0.15) is 4.73 Å². The highest BCUT2D eigenvalue weighted by Crippen LogP contribution is 2.34. The third kappa shape index (κ3) is 2.57. The molecule has 3 rings (SSSR count). The van der Waals surface area contributed by atoms with Gasteiger partial charge in [-0.3, -0.25) is 0 Å². The minimum atomic E-state index is -0.922. The van der Waals surface area contributed by atoms with Crippen LogP contribution in [-0.2, 0) is 0 Å². The fourth-order valence-electron chi connectivity index (χ4n) is 2.72. The Morgan fingerprint density at radius 3 is 2.48 bits per heavy atom. The van der Waals surface area contributed by atoms with E-state index in [2.05, 4.69) is 6.58 Å². The first-order valence-electron chi connectivity index (χ1n) is 7.16. The van der Waals surface area contributed by atoms with Gasteiger partial charge in [-0.25, -0.2) is 8.78 Å². The lowest BCUT2D eigenvalue weighted by molar-refractivity contribution is -0.577. The van der Waals surface area contributed by atoms with Gasteiger partial charge < -0.3 is 5.21 Å². The summed E-state index contributed by atoms with van der Waals surface area (Å²) < 4.78 is 27.7. The van der Waals surface area contributed by atoms with E-state index in [0.717, 1.165) is 22.4 Å². The molecule has 23 heavy (non-hydrogen) atoms. The number of pyridine rings is 1. The Hall–Kier alpha value is -2.75. The molecule has 0 aliphatic rings. The van der Waals surface area contributed by atoms with Crippen LogP contribution in [0.1, 0.15) is 18.1 Å². The SMILES string of the molecule is C=C(C)c1c[n+]([O-])c2cc(C)ccc2c1-c1ccc(F)c(F)c1. The molecule has 1 aromatic heterocycles. The van der Waals surface area contributed by atoms with Gasteiger partial charge in [-0.1, -0.05) is 18.7 Å². The number of aromatic nitrogens is 1. The number of benzene rings is 2. The highest BCUT2D eigenvalue weighted by Gasteiger charge is 2.18. The Balaban J connectivity index is 2.45. The van der Waals surface area contributed by atoms with Crippen LogP contribution in [0.15, 0.2) is 49.2 Å². The Morgan fingerprint density at radius 1 is 1.09 bits per heavy atom. The van der Waals surface area contributed by atoms with E-state index in [1.165, 1.54) is 12.3 Å². The quantitative estimate of drug-likeness (QED) is 0.495. The van der Waals surface area contributed by atoms with E-state index >= 15 is 0 Å². The van der Waals surface area contributed by atoms with Crippen molar-refractivity contribution in [3.63, 3.8) is 0 Å². The van der Waals surface area contributed by atoms with Crippen molar-refractivity contribution in [2.24, 2.45) is 0 Å². The van der Waals surface area contributed by atoms with Crippen molar-refractivity contribution >= 4 is 16.5 Å². The lowest BCUT2D eigenvalue weighted by Crippen LogP contribution is -2.27. The van der Waals surface area contributed by atoms with Crippen molar-refractivity contribution in [2.75, 3.05) is 0 Å². The minimum absolute atomic E-state index is 0.481. The molecule has 0 aliphatic heterocycles. The third-order valence-electron chi connectivity index (χ3n) is 3.84. The Kier molecular flexibility index (Phi) is 3.60. The number of hydrogen-bond donors (Lipinski definition) is 0. The van der Waals surface area contributed by atoms with Gasteiger partial charge in [0.05, 0.1) is 10.9 Å². The normalized spacial score (nSPS) is 11.0. The molecule has 1 heterocycles. The molecular weight excluding hydrogens is 296 g/mol. The van der Waals surface area contributed by atoms with E-state index in [4.69, 9.17) is 0 Å². The molecule has 0 atom stereocenters. The van der Waals surface area contributed by atoms with Crippen LogP contribution in [0.3, 0.4) is 0 Å². The van der Waals surface area contributed by atoms with Crippen molar-refractivity contribution in [1.82, 2.24) is 0 Å². The Bertz CT molecular complexity index is 948. The van der Waals surface area contributed by atoms with Gasteiger partial charge in [0.25, 0.3) is 0 Å². The van der Waals surface area contributed by atoms with Crippen LogP contribution in [-0.4, -0.2) is 0 Å². The number of hydrogen-bond acceptors (Lipinski definition) is 1. The van der Waals surface area contributed by atoms with Crippen LogP contribution in [0.25, 0.3) is 27.6 Å². The summed E-state index contributed by atoms with van der Waals surface area (Å²) in [6, 6.07) is 9.22. The summed E-state index contributed by atoms with van der Waals surface area (Å²) in [5.74, 6) is -1.82. The molecule has 0 saturated carbocycles. The average molecular weight is 311 g/mol. The second kappa shape index (κ2) is 5.47. The minimum Gasteiger partial charge on any atom is -0.618 e. The van der Waals surface area contributed by atoms with Crippen molar-refractivity contribution in [1.29, 1.82) is 0 Å². The summed E-state index contributed by atoms with van der Waals surface area (Å²) in [6.45, 7) is 7.57. The van der Waals surface area contributed by atoms with Gasteiger partial charge in [0, 0.05) is 11.6 Å². The van der Waals surface area contributed by atoms with Crippen LogP contribution < -0.4 is 4.73 Å². The lowest BCUT2D eigenvalue weighted by Gasteiger charge is -2.14. The number of aryl methyl sites for hydroxylation is 1. The maximum atomic E-state index is 13.7. The molecular formula is C19H15F2NO. The van der Waals surface area contributed by atoms with Gasteiger partial charge in [0.15, 0.2) is 17.8 Å². The first-order chi connectivity index (χ1) is 10.9. The standard InChI is InChI=1S/C19H15F2NO/c1-11(2)15-10-22(23)18-8-12(3)4-6-14(18)19(15)13-5-7-16(20)17(21)9-13/h4-10H,1H2,2-3H3. The van der Waals surface area contributed by atoms with Gasteiger partial charge in [-0.05, 0) is 48.7 Å². The first-order valence-corrected chi connectivity index (χ1v) is 7.16. The number of fused-ring (bicyclic) bond motifs is 1. The van der Waals surface area contributed by atoms with E-state index in [1.807, 2.05) is 19.1 Å². The zero-order chi connectivity index (χ0) is 16.7. The predicted molar refractivity (Wildman–Crippen MR) is 87.7 cm³/mol. The number of allylic oxidation sites excluding steroid dienone is 1. The second-order valence-electron chi connectivity index (χ2n) is 5.67. The molecule has 0 spiro atoms. The van der Waals surface area contributed by atoms with Crippen LogP contribution >= 0.6 is 0 Å². The summed E-state index contributed by atoms with van der Waals surface area (Å²) in [5, 5.41) is 13.0. The summed E-state index contributed by atoms with van der Waals surface area (Å²) in [4.78, 5) is 0. The van der Waals surface area contributed by atoms with E-state index < -0.39 is 11.6 Å². The number of nitrogens with zero attached hydrogens (tertiary/aromatic N) is 1. The number of rotatable bonds is 2. The van der Waals surface area contributed by atoms with E-state index in [0.29, 0.717) is 33.2 Å². The molecule has 0 unspecified atom stereocenters. The lowest BCUT2D eigenvalue weighted by atomic mass is 9.93. The van der Waals surface area contributed by atoms with Gasteiger partial charge in [0.1, 0.15) is 0 Å². The summed E-state index contributed by atoms with van der Waals surface area (Å²) in [6.07, 6.45) is 1.43. The Labute approximate surface area is 132 Å². The number of halogens is 2. The molecule has 0 radical (unpaired) electrons. The van der Waals surface area contributed by atoms with Crippen LogP contribution in [0.2, 0.25) is 0 Å². The summed E-state index contributed by atoms with van der Waals surface area (Å²) in [7, 11) is 0. The molecule has 3 aromatic rings. The smallest absolute Gasteiger partial charge is 0.224 e. The largest absolute Gasteiger partial charge is 0.618 e. The summed E-state index contributed by atoms with van der Waals surface area (Å²) >= 11 is 0. The van der Waals surface area contributed by atoms with Crippen molar-refractivity contribution in [3.8, 4) is 11.1 Å². The molecule has 2 nitrogen and oxygen atoms in total. The molecule has 0 amide bonds. The van der Waals surface area contributed by atoms with Crippen molar-refractivity contribution < 1.29 is 13.5 Å². The second-order valence-corrected chi connectivity index (χ2v) is 5.67. The van der Waals surface area contributed by atoms with Crippen LogP contribution in [0.4, 0.5) is 8.78 Å². The van der Waals surface area contributed by atoms with E-state index in [9.17, 15) is 14.0 Å². The molecule has 0 bridgehead atoms. The highest BCUT2D eigenvalue weighted by atomic mass is 19.2. The molecule has 0 aliphatic carbocycles. The van der Waals surface area contributed by atoms with Crippen molar-refractivity contribution in [3.05, 3.63) is 77.1 Å². The maximum absolute atomic E-state index is 13.7. The van der Waals surface area contributed by atoms with Gasteiger partial charge >= 0.3 is 0 Å². The molecule has 116 valence electrons. The topological polar surface area (TPSA) is 26.9 Å². The fraction of sp³-hybridized carbons (Fsp3) is 0.105. The molecule has 0 N–H and O–H groups in total. The molecule has 2 aromatic carbocycles. The molecule has 0 fully saturated rings. The first kappa shape index (κ1) is 15.2. The van der Waals surface area contributed by atoms with E-state index in [1.54, 1.807) is 13.0 Å². The summed E-state index contributed by atoms with van der Waals surface area (Å²) in [5.41, 5.74) is 3.91. The third-order valence-corrected chi connectivity index (χ3v) is 3.84. The maximum Gasteiger partial charge on any atom is 0.224 e. The van der Waals surface area contributed by atoms with Crippen molar-refractivity contribution in [2.45, 2.75) is 13.8 Å². The highest BCUT2D eigenvalue weighted by molar-refractivity contribution is 5.98. The van der Waals surface area contributed by atoms with E-state index in [-0.39, 0.29) is 0 Å². The van der Waals surface area contributed by atoms with Crippen LogP contribution in [0.5, 0.6) is 0 Å². The average Bonchev–Trinajstić information content (AvgIpc) is 2.50. The monoisotopic (exact) mass is 311 g/mol. The zero-order valence-corrected chi connectivity index (χ0v) is 12.9. The molecule has 0 saturated heterocycles. The molecule has 4 heteroatoms. The predicted octanol–water partition coefficient (Wildman–Crippen LogP) is 4.76. The van der Waals surface area contributed by atoms with Gasteiger partial charge in [-0.15, -0.1) is 0 Å². The fourth-order valence-corrected chi connectivity index (χ4v) is 2.72.